The third-order valence-electron chi connectivity index (χ3n) is 3.80. The molecule has 2 rings (SSSR count). The van der Waals surface area contributed by atoms with E-state index in [0.29, 0.717) is 6.61 Å². The molecular weight excluding hydrogens is 264 g/mol. The lowest BCUT2D eigenvalue weighted by Gasteiger charge is -2.35. The van der Waals surface area contributed by atoms with Crippen LogP contribution in [0.4, 0.5) is 0 Å². The molecule has 0 amide bonds. The van der Waals surface area contributed by atoms with Crippen molar-refractivity contribution in [3.05, 3.63) is 29.3 Å². The first-order chi connectivity index (χ1) is 9.99. The van der Waals surface area contributed by atoms with Crippen LogP contribution < -0.4 is 10.5 Å². The molecule has 0 radical (unpaired) electrons. The Labute approximate surface area is 128 Å². The number of ether oxygens (including phenoxy) is 2. The third-order valence-corrected chi connectivity index (χ3v) is 3.80. The van der Waals surface area contributed by atoms with E-state index in [1.807, 2.05) is 19.9 Å². The van der Waals surface area contributed by atoms with Gasteiger partial charge in [-0.1, -0.05) is 6.07 Å². The third kappa shape index (κ3) is 4.43. The van der Waals surface area contributed by atoms with Crippen LogP contribution in [0, 0.1) is 0 Å². The first-order valence-electron chi connectivity index (χ1n) is 7.88. The predicted molar refractivity (Wildman–Crippen MR) is 85.5 cm³/mol. The zero-order valence-electron chi connectivity index (χ0n) is 13.6. The lowest BCUT2D eigenvalue weighted by atomic mass is 10.0. The zero-order chi connectivity index (χ0) is 15.4. The standard InChI is InChI=1S/C17H28N2O2/c1-5-20-17-7-6-15(14(4)18)8-16(17)11-19-9-12(2)21-13(3)10-19/h6-8,12-14H,5,9-11,18H2,1-4H3/t12-,13+,14?. The Kier molecular flexibility index (Phi) is 5.62. The number of nitrogens with zero attached hydrogens (tertiary/aromatic N) is 1. The van der Waals surface area contributed by atoms with E-state index in [4.69, 9.17) is 15.2 Å². The van der Waals surface area contributed by atoms with Crippen molar-refractivity contribution in [2.45, 2.75) is 52.5 Å². The van der Waals surface area contributed by atoms with E-state index in [2.05, 4.69) is 30.9 Å². The van der Waals surface area contributed by atoms with E-state index in [9.17, 15) is 0 Å². The molecule has 0 spiro atoms. The van der Waals surface area contributed by atoms with Crippen molar-refractivity contribution in [2.75, 3.05) is 19.7 Å². The van der Waals surface area contributed by atoms with Crippen LogP contribution in [0.5, 0.6) is 5.75 Å². The van der Waals surface area contributed by atoms with Crippen LogP contribution in [-0.2, 0) is 11.3 Å². The number of morpholine rings is 1. The Morgan fingerprint density at radius 3 is 2.57 bits per heavy atom. The highest BCUT2D eigenvalue weighted by Gasteiger charge is 2.23. The molecule has 2 N–H and O–H groups in total. The summed E-state index contributed by atoms with van der Waals surface area (Å²) in [4.78, 5) is 2.43. The molecule has 1 aromatic carbocycles. The fraction of sp³-hybridized carbons (Fsp3) is 0.647. The molecule has 1 fully saturated rings. The van der Waals surface area contributed by atoms with Gasteiger partial charge in [0.05, 0.1) is 18.8 Å². The average molecular weight is 292 g/mol. The molecule has 1 aromatic rings. The molecule has 3 atom stereocenters. The summed E-state index contributed by atoms with van der Waals surface area (Å²) < 4.78 is 11.6. The lowest BCUT2D eigenvalue weighted by Crippen LogP contribution is -2.44. The van der Waals surface area contributed by atoms with Gasteiger partial charge in [0.15, 0.2) is 0 Å². The van der Waals surface area contributed by atoms with Crippen molar-refractivity contribution >= 4 is 0 Å². The summed E-state index contributed by atoms with van der Waals surface area (Å²) in [6, 6.07) is 6.33. The SMILES string of the molecule is CCOc1ccc(C(C)N)cc1CN1C[C@@H](C)O[C@@H](C)C1. The molecule has 0 aliphatic carbocycles. The topological polar surface area (TPSA) is 47.7 Å². The quantitative estimate of drug-likeness (QED) is 0.906. The molecule has 0 bridgehead atoms. The molecule has 4 nitrogen and oxygen atoms in total. The van der Waals surface area contributed by atoms with Crippen molar-refractivity contribution < 1.29 is 9.47 Å². The highest BCUT2D eigenvalue weighted by molar-refractivity contribution is 5.38. The summed E-state index contributed by atoms with van der Waals surface area (Å²) in [6.45, 7) is 11.8. The molecule has 0 aromatic heterocycles. The largest absolute Gasteiger partial charge is 0.494 e. The van der Waals surface area contributed by atoms with Gasteiger partial charge in [-0.2, -0.15) is 0 Å². The van der Waals surface area contributed by atoms with Gasteiger partial charge in [0.1, 0.15) is 5.75 Å². The number of rotatable bonds is 5. The van der Waals surface area contributed by atoms with E-state index in [1.165, 1.54) is 5.56 Å². The second kappa shape index (κ2) is 7.25. The normalized spacial score (nSPS) is 24.8. The molecule has 1 aliphatic heterocycles. The van der Waals surface area contributed by atoms with Gasteiger partial charge in [-0.05, 0) is 45.4 Å². The maximum Gasteiger partial charge on any atom is 0.123 e. The van der Waals surface area contributed by atoms with E-state index in [0.717, 1.165) is 30.9 Å². The Hall–Kier alpha value is -1.10. The number of benzene rings is 1. The maximum atomic E-state index is 6.01. The molecule has 1 aliphatic rings. The first kappa shape index (κ1) is 16.3. The summed E-state index contributed by atoms with van der Waals surface area (Å²) in [6.07, 6.45) is 0.557. The van der Waals surface area contributed by atoms with Crippen LogP contribution >= 0.6 is 0 Å². The number of nitrogens with two attached hydrogens (primary N) is 1. The Bertz CT molecular complexity index is 452. The van der Waals surface area contributed by atoms with Crippen molar-refractivity contribution in [1.82, 2.24) is 4.90 Å². The molecule has 1 unspecified atom stereocenters. The van der Waals surface area contributed by atoms with Gasteiger partial charge in [0, 0.05) is 31.2 Å². The van der Waals surface area contributed by atoms with Crippen molar-refractivity contribution in [3.63, 3.8) is 0 Å². The molecule has 1 heterocycles. The second-order valence-electron chi connectivity index (χ2n) is 6.04. The molecule has 1 saturated heterocycles. The van der Waals surface area contributed by atoms with E-state index < -0.39 is 0 Å². The van der Waals surface area contributed by atoms with Gasteiger partial charge >= 0.3 is 0 Å². The van der Waals surface area contributed by atoms with Gasteiger partial charge in [0.25, 0.3) is 0 Å². The Morgan fingerprint density at radius 2 is 2.00 bits per heavy atom. The molecule has 4 heteroatoms. The summed E-state index contributed by atoms with van der Waals surface area (Å²) >= 11 is 0. The van der Waals surface area contributed by atoms with Gasteiger partial charge in [0.2, 0.25) is 0 Å². The summed E-state index contributed by atoms with van der Waals surface area (Å²) in [5, 5.41) is 0. The Morgan fingerprint density at radius 1 is 1.33 bits per heavy atom. The second-order valence-corrected chi connectivity index (χ2v) is 6.04. The van der Waals surface area contributed by atoms with Crippen LogP contribution in [0.3, 0.4) is 0 Å². The molecule has 21 heavy (non-hydrogen) atoms. The minimum atomic E-state index is 0.0435. The van der Waals surface area contributed by atoms with Crippen LogP contribution in [-0.4, -0.2) is 36.8 Å². The molecular formula is C17H28N2O2. The monoisotopic (exact) mass is 292 g/mol. The number of hydrogen-bond donors (Lipinski definition) is 1. The van der Waals surface area contributed by atoms with Crippen LogP contribution in [0.1, 0.15) is 44.9 Å². The van der Waals surface area contributed by atoms with E-state index in [-0.39, 0.29) is 18.2 Å². The maximum absolute atomic E-state index is 6.01. The molecule has 118 valence electrons. The molecule has 0 saturated carbocycles. The van der Waals surface area contributed by atoms with Gasteiger partial charge < -0.3 is 15.2 Å². The van der Waals surface area contributed by atoms with Gasteiger partial charge in [-0.15, -0.1) is 0 Å². The van der Waals surface area contributed by atoms with Gasteiger partial charge in [-0.25, -0.2) is 0 Å². The predicted octanol–water partition coefficient (Wildman–Crippen LogP) is 2.71. The van der Waals surface area contributed by atoms with Crippen molar-refractivity contribution in [3.8, 4) is 5.75 Å². The minimum absolute atomic E-state index is 0.0435. The average Bonchev–Trinajstić information content (AvgIpc) is 2.39. The van der Waals surface area contributed by atoms with Crippen LogP contribution in [0.15, 0.2) is 18.2 Å². The number of hydrogen-bond acceptors (Lipinski definition) is 4. The van der Waals surface area contributed by atoms with Crippen LogP contribution in [0.25, 0.3) is 0 Å². The fourth-order valence-electron chi connectivity index (χ4n) is 2.96. The minimum Gasteiger partial charge on any atom is -0.494 e. The van der Waals surface area contributed by atoms with Crippen molar-refractivity contribution in [2.24, 2.45) is 5.73 Å². The fourth-order valence-corrected chi connectivity index (χ4v) is 2.96. The highest BCUT2D eigenvalue weighted by atomic mass is 16.5. The Balaban J connectivity index is 2.17. The smallest absolute Gasteiger partial charge is 0.123 e. The summed E-state index contributed by atoms with van der Waals surface area (Å²) in [7, 11) is 0. The van der Waals surface area contributed by atoms with E-state index in [1.54, 1.807) is 0 Å². The van der Waals surface area contributed by atoms with E-state index >= 15 is 0 Å². The van der Waals surface area contributed by atoms with Crippen LogP contribution in [0.2, 0.25) is 0 Å². The summed E-state index contributed by atoms with van der Waals surface area (Å²) in [5.74, 6) is 0.966. The zero-order valence-corrected chi connectivity index (χ0v) is 13.6. The first-order valence-corrected chi connectivity index (χ1v) is 7.88. The highest BCUT2D eigenvalue weighted by Crippen LogP contribution is 2.25. The van der Waals surface area contributed by atoms with Gasteiger partial charge in [-0.3, -0.25) is 4.90 Å². The lowest BCUT2D eigenvalue weighted by molar-refractivity contribution is -0.0706. The van der Waals surface area contributed by atoms with Crippen molar-refractivity contribution in [1.29, 1.82) is 0 Å². The summed E-state index contributed by atoms with van der Waals surface area (Å²) in [5.41, 5.74) is 8.38.